The van der Waals surface area contributed by atoms with Crippen molar-refractivity contribution in [3.8, 4) is 0 Å². The van der Waals surface area contributed by atoms with Crippen molar-refractivity contribution in [3.63, 3.8) is 0 Å². The topological polar surface area (TPSA) is 43.2 Å². The molecule has 2 aliphatic carbocycles. The van der Waals surface area contributed by atoms with E-state index in [2.05, 4.69) is 44.1 Å². The monoisotopic (exact) mass is 355 g/mol. The highest BCUT2D eigenvalue weighted by Crippen LogP contribution is 2.73. The maximum atomic E-state index is 13.3. The van der Waals surface area contributed by atoms with E-state index in [0.717, 1.165) is 28.9 Å². The molecule has 132 valence electrons. The van der Waals surface area contributed by atoms with E-state index in [1.807, 2.05) is 24.3 Å². The van der Waals surface area contributed by atoms with Crippen LogP contribution in [0.2, 0.25) is 0 Å². The van der Waals surface area contributed by atoms with Crippen LogP contribution in [0.3, 0.4) is 0 Å². The van der Waals surface area contributed by atoms with Crippen LogP contribution in [0.1, 0.15) is 32.8 Å². The summed E-state index contributed by atoms with van der Waals surface area (Å²) in [6.07, 6.45) is 2.73. The molecule has 0 bridgehead atoms. The van der Waals surface area contributed by atoms with Crippen molar-refractivity contribution < 1.29 is 4.79 Å². The summed E-state index contributed by atoms with van der Waals surface area (Å²) >= 11 is 6.78. The number of hydrogen-bond donors (Lipinski definition) is 1. The Bertz CT molecular complexity index is 827. The molecule has 1 N–H and O–H groups in total. The minimum Gasteiger partial charge on any atom is -0.690 e. The molecule has 3 nitrogen and oxygen atoms in total. The van der Waals surface area contributed by atoms with Crippen molar-refractivity contribution in [2.45, 2.75) is 38.0 Å². The lowest BCUT2D eigenvalue weighted by Crippen LogP contribution is -2.67. The minimum atomic E-state index is -0.662. The molecular formula is C21H24ClN2O-. The summed E-state index contributed by atoms with van der Waals surface area (Å²) in [6.45, 7) is 10.5. The predicted octanol–water partition coefficient (Wildman–Crippen LogP) is 4.99. The largest absolute Gasteiger partial charge is 0.690 e. The van der Waals surface area contributed by atoms with Gasteiger partial charge in [0.1, 0.15) is 5.41 Å². The molecule has 3 aliphatic rings. The molecule has 1 aliphatic heterocycles. The molecule has 1 spiro atoms. The van der Waals surface area contributed by atoms with Gasteiger partial charge in [0.05, 0.1) is 0 Å². The van der Waals surface area contributed by atoms with Crippen molar-refractivity contribution in [2.24, 2.45) is 16.7 Å². The van der Waals surface area contributed by atoms with Gasteiger partial charge in [-0.25, -0.2) is 0 Å². The summed E-state index contributed by atoms with van der Waals surface area (Å²) in [5, 5.41) is 7.67. The van der Waals surface area contributed by atoms with Crippen LogP contribution in [0.15, 0.2) is 48.2 Å². The van der Waals surface area contributed by atoms with E-state index in [-0.39, 0.29) is 22.6 Å². The fourth-order valence-electron chi connectivity index (χ4n) is 5.55. The number of fused-ring (bicyclic) bond motifs is 4. The Morgan fingerprint density at radius 3 is 2.64 bits per heavy atom. The molecule has 4 rings (SSSR count). The fraction of sp³-hybridized carbons (Fsp3) is 0.476. The second kappa shape index (κ2) is 4.91. The smallest absolute Gasteiger partial charge is 0.239 e. The van der Waals surface area contributed by atoms with Crippen LogP contribution in [0, 0.1) is 16.7 Å². The predicted molar refractivity (Wildman–Crippen MR) is 103 cm³/mol. The molecule has 0 unspecified atom stereocenters. The molecular weight excluding hydrogens is 332 g/mol. The molecule has 1 fully saturated rings. The Kier molecular flexibility index (Phi) is 3.28. The van der Waals surface area contributed by atoms with E-state index in [9.17, 15) is 4.79 Å². The molecule has 4 heteroatoms. The van der Waals surface area contributed by atoms with Crippen molar-refractivity contribution in [3.05, 3.63) is 59.1 Å². The first kappa shape index (κ1) is 16.7. The average molecular weight is 356 g/mol. The Morgan fingerprint density at radius 1 is 1.32 bits per heavy atom. The van der Waals surface area contributed by atoms with Crippen LogP contribution in [0.5, 0.6) is 0 Å². The molecule has 1 heterocycles. The van der Waals surface area contributed by atoms with Gasteiger partial charge in [0.25, 0.3) is 0 Å². The first-order valence-corrected chi connectivity index (χ1v) is 9.24. The molecule has 1 aromatic carbocycles. The lowest BCUT2D eigenvalue weighted by molar-refractivity contribution is -0.131. The zero-order valence-electron chi connectivity index (χ0n) is 15.2. The summed E-state index contributed by atoms with van der Waals surface area (Å²) in [4.78, 5) is 13.3. The molecule has 25 heavy (non-hydrogen) atoms. The van der Waals surface area contributed by atoms with Crippen LogP contribution in [0.4, 0.5) is 5.69 Å². The summed E-state index contributed by atoms with van der Waals surface area (Å²) in [5.41, 5.74) is 2.75. The number of benzene rings is 1. The van der Waals surface area contributed by atoms with Crippen LogP contribution in [0.25, 0.3) is 5.32 Å². The van der Waals surface area contributed by atoms with Crippen molar-refractivity contribution in [2.75, 3.05) is 12.4 Å². The molecule has 1 amide bonds. The van der Waals surface area contributed by atoms with Gasteiger partial charge in [-0.05, 0) is 29.4 Å². The summed E-state index contributed by atoms with van der Waals surface area (Å²) < 4.78 is 0. The van der Waals surface area contributed by atoms with Gasteiger partial charge in [0.15, 0.2) is 0 Å². The van der Waals surface area contributed by atoms with Gasteiger partial charge >= 0.3 is 0 Å². The second-order valence-corrected chi connectivity index (χ2v) is 8.73. The van der Waals surface area contributed by atoms with Gasteiger partial charge in [0.2, 0.25) is 5.91 Å². The second-order valence-electron chi connectivity index (χ2n) is 8.20. The SMILES string of the molecule is C=C[C@@]1(C)C([N-]C)=C2[C@H](C[C@H]1Cl)C(C)(C)[C@@]21C(=O)Nc2ccccc21. The number of rotatable bonds is 2. The van der Waals surface area contributed by atoms with Crippen molar-refractivity contribution in [1.82, 2.24) is 0 Å². The highest BCUT2D eigenvalue weighted by atomic mass is 35.5. The number of hydrogen-bond acceptors (Lipinski definition) is 1. The number of carbonyl (C=O) groups is 1. The average Bonchev–Trinajstić information content (AvgIpc) is 2.91. The quantitative estimate of drug-likeness (QED) is 0.589. The van der Waals surface area contributed by atoms with Gasteiger partial charge in [0, 0.05) is 16.5 Å². The van der Waals surface area contributed by atoms with Gasteiger partial charge in [-0.1, -0.05) is 50.6 Å². The summed E-state index contributed by atoms with van der Waals surface area (Å²) in [5.74, 6) is 0.309. The minimum absolute atomic E-state index is 0.0607. The summed E-state index contributed by atoms with van der Waals surface area (Å²) in [7, 11) is 1.80. The fourth-order valence-corrected chi connectivity index (χ4v) is 5.92. The number of allylic oxidation sites excluding steroid dienone is 1. The van der Waals surface area contributed by atoms with E-state index in [1.165, 1.54) is 0 Å². The highest BCUT2D eigenvalue weighted by molar-refractivity contribution is 6.22. The lowest BCUT2D eigenvalue weighted by Gasteiger charge is -2.68. The number of para-hydroxylation sites is 1. The molecule has 1 saturated carbocycles. The van der Waals surface area contributed by atoms with Crippen LogP contribution >= 0.6 is 11.6 Å². The van der Waals surface area contributed by atoms with Gasteiger partial charge in [-0.3, -0.25) is 4.79 Å². The molecule has 0 saturated heterocycles. The first-order valence-electron chi connectivity index (χ1n) is 8.80. The highest BCUT2D eigenvalue weighted by Gasteiger charge is 2.72. The van der Waals surface area contributed by atoms with E-state index in [1.54, 1.807) is 7.05 Å². The first-order chi connectivity index (χ1) is 11.8. The molecule has 1 aromatic rings. The normalized spacial score (nSPS) is 37.9. The number of anilines is 1. The van der Waals surface area contributed by atoms with Crippen LogP contribution in [-0.4, -0.2) is 18.3 Å². The Hall–Kier alpha value is -1.74. The summed E-state index contributed by atoms with van der Waals surface area (Å²) in [6, 6.07) is 8.02. The Morgan fingerprint density at radius 2 is 2.00 bits per heavy atom. The number of nitrogens with one attached hydrogen (secondary N) is 1. The number of nitrogens with zero attached hydrogens (tertiary/aromatic N) is 1. The molecule has 0 aromatic heterocycles. The Balaban J connectivity index is 2.06. The number of halogens is 1. The van der Waals surface area contributed by atoms with Crippen molar-refractivity contribution >= 4 is 23.2 Å². The zero-order valence-corrected chi connectivity index (χ0v) is 15.9. The number of carbonyl (C=O) groups excluding carboxylic acids is 1. The van der Waals surface area contributed by atoms with E-state index in [0.29, 0.717) is 0 Å². The standard InChI is InChI=1S/C21H24ClN2O/c1-6-20(4)15(22)11-13-16(17(20)23-5)21(19(13,2)3)12-9-7-8-10-14(12)24-18(21)25/h6-10,13,15H,1,11H2,2-5H3,(H,24,25)/q-1/t13-,15+,20+,21+/m0/s1. The van der Waals surface area contributed by atoms with E-state index < -0.39 is 10.8 Å². The number of amides is 1. The molecule has 4 atom stereocenters. The van der Waals surface area contributed by atoms with E-state index in [4.69, 9.17) is 11.6 Å². The third kappa shape index (κ3) is 1.61. The third-order valence-corrected chi connectivity index (χ3v) is 7.65. The molecule has 0 radical (unpaired) electrons. The third-order valence-electron chi connectivity index (χ3n) is 7.02. The van der Waals surface area contributed by atoms with Crippen LogP contribution < -0.4 is 5.32 Å². The van der Waals surface area contributed by atoms with Gasteiger partial charge in [-0.2, -0.15) is 5.70 Å². The lowest BCUT2D eigenvalue weighted by atomic mass is 9.37. The van der Waals surface area contributed by atoms with Crippen LogP contribution in [-0.2, 0) is 10.2 Å². The zero-order chi connectivity index (χ0) is 18.2. The number of alkyl halides is 1. The maximum absolute atomic E-state index is 13.3. The van der Waals surface area contributed by atoms with Crippen molar-refractivity contribution in [1.29, 1.82) is 0 Å². The van der Waals surface area contributed by atoms with Gasteiger partial charge < -0.3 is 10.6 Å². The maximum Gasteiger partial charge on any atom is 0.239 e. The van der Waals surface area contributed by atoms with Gasteiger partial charge in [-0.15, -0.1) is 25.2 Å². The Labute approximate surface area is 154 Å². The van der Waals surface area contributed by atoms with E-state index >= 15 is 0 Å².